The van der Waals surface area contributed by atoms with E-state index >= 15 is 0 Å². The Morgan fingerprint density at radius 2 is 2.30 bits per heavy atom. The van der Waals surface area contributed by atoms with Gasteiger partial charge in [-0.2, -0.15) is 0 Å². The molecule has 6 heteroatoms. The second-order valence-electron chi connectivity index (χ2n) is 5.33. The van der Waals surface area contributed by atoms with Crippen molar-refractivity contribution in [1.29, 1.82) is 0 Å². The lowest BCUT2D eigenvalue weighted by Gasteiger charge is -2.15. The molecule has 0 N–H and O–H groups in total. The average Bonchev–Trinajstić information content (AvgIpc) is 3.11. The van der Waals surface area contributed by atoms with E-state index in [-0.39, 0.29) is 0 Å². The first kappa shape index (κ1) is 14.2. The summed E-state index contributed by atoms with van der Waals surface area (Å²) in [5, 5.41) is 3.48. The van der Waals surface area contributed by atoms with Gasteiger partial charge in [0.15, 0.2) is 0 Å². The zero-order valence-corrected chi connectivity index (χ0v) is 13.1. The molecule has 0 radical (unpaired) electrons. The quantitative estimate of drug-likeness (QED) is 0.581. The molecule has 0 aliphatic heterocycles. The van der Waals surface area contributed by atoms with Crippen molar-refractivity contribution >= 4 is 33.2 Å². The number of nitrogens with zero attached hydrogens (tertiary/aromatic N) is 3. The Bertz CT molecular complexity index is 585. The molecule has 20 heavy (non-hydrogen) atoms. The van der Waals surface area contributed by atoms with Crippen LogP contribution in [0.25, 0.3) is 10.2 Å². The lowest BCUT2D eigenvalue weighted by Crippen LogP contribution is -2.24. The number of thiophene rings is 1. The molecule has 3 rings (SSSR count). The van der Waals surface area contributed by atoms with E-state index in [9.17, 15) is 0 Å². The highest BCUT2D eigenvalue weighted by atomic mass is 35.5. The van der Waals surface area contributed by atoms with Crippen LogP contribution in [-0.2, 0) is 11.3 Å². The zero-order valence-electron chi connectivity index (χ0n) is 11.5. The fourth-order valence-corrected chi connectivity index (χ4v) is 3.10. The van der Waals surface area contributed by atoms with E-state index in [1.165, 1.54) is 12.8 Å². The van der Waals surface area contributed by atoms with Gasteiger partial charge in [-0.1, -0.05) is 11.6 Å². The highest BCUT2D eigenvalue weighted by Gasteiger charge is 2.21. The topological polar surface area (TPSA) is 38.2 Å². The molecular weight excluding hydrogens is 294 g/mol. The third kappa shape index (κ3) is 3.67. The monoisotopic (exact) mass is 311 g/mol. The van der Waals surface area contributed by atoms with Crippen molar-refractivity contribution in [3.05, 3.63) is 22.4 Å². The van der Waals surface area contributed by atoms with Crippen LogP contribution < -0.4 is 0 Å². The van der Waals surface area contributed by atoms with Crippen molar-refractivity contribution in [3.63, 3.8) is 0 Å². The Labute approximate surface area is 127 Å². The predicted octanol–water partition coefficient (Wildman–Crippen LogP) is 3.20. The summed E-state index contributed by atoms with van der Waals surface area (Å²) in [5.74, 6) is 1.60. The van der Waals surface area contributed by atoms with E-state index in [0.29, 0.717) is 11.7 Å². The summed E-state index contributed by atoms with van der Waals surface area (Å²) in [6, 6.07) is 1.96. The third-order valence-corrected chi connectivity index (χ3v) is 4.50. The molecule has 2 aromatic heterocycles. The maximum atomic E-state index is 6.17. The number of aromatic nitrogens is 2. The highest BCUT2D eigenvalue weighted by molar-refractivity contribution is 7.16. The molecule has 0 saturated heterocycles. The van der Waals surface area contributed by atoms with Crippen LogP contribution in [-0.4, -0.2) is 41.7 Å². The molecule has 108 valence electrons. The number of rotatable bonds is 7. The van der Waals surface area contributed by atoms with Crippen molar-refractivity contribution in [3.8, 4) is 0 Å². The van der Waals surface area contributed by atoms with Crippen LogP contribution in [0.1, 0.15) is 18.7 Å². The van der Waals surface area contributed by atoms with Gasteiger partial charge in [-0.05, 0) is 37.3 Å². The standard InChI is InChI=1S/C14H18ClN3OS/c1-18(5-6-19-9-10-2-3-10)8-12-16-13(15)11-4-7-20-14(11)17-12/h4,7,10H,2-3,5-6,8-9H2,1H3. The summed E-state index contributed by atoms with van der Waals surface area (Å²) in [6.45, 7) is 3.26. The molecule has 1 saturated carbocycles. The van der Waals surface area contributed by atoms with Crippen LogP contribution in [0.5, 0.6) is 0 Å². The maximum Gasteiger partial charge on any atom is 0.145 e. The minimum Gasteiger partial charge on any atom is -0.380 e. The minimum absolute atomic E-state index is 0.546. The molecule has 4 nitrogen and oxygen atoms in total. The van der Waals surface area contributed by atoms with Gasteiger partial charge in [0.05, 0.1) is 13.2 Å². The lowest BCUT2D eigenvalue weighted by molar-refractivity contribution is 0.101. The largest absolute Gasteiger partial charge is 0.380 e. The van der Waals surface area contributed by atoms with Crippen LogP contribution in [0, 0.1) is 5.92 Å². The van der Waals surface area contributed by atoms with Crippen molar-refractivity contribution in [2.24, 2.45) is 5.92 Å². The van der Waals surface area contributed by atoms with Crippen molar-refractivity contribution in [2.75, 3.05) is 26.8 Å². The Balaban J connectivity index is 1.51. The first-order valence-corrected chi connectivity index (χ1v) is 8.14. The molecule has 0 bridgehead atoms. The molecule has 2 aromatic rings. The second kappa shape index (κ2) is 6.35. The van der Waals surface area contributed by atoms with Crippen LogP contribution in [0.3, 0.4) is 0 Å². The lowest BCUT2D eigenvalue weighted by atomic mass is 10.4. The normalized spacial score (nSPS) is 15.3. The van der Waals surface area contributed by atoms with Crippen LogP contribution >= 0.6 is 22.9 Å². The van der Waals surface area contributed by atoms with E-state index in [2.05, 4.69) is 21.9 Å². The number of ether oxygens (including phenoxy) is 1. The van der Waals surface area contributed by atoms with Gasteiger partial charge in [0, 0.05) is 18.5 Å². The third-order valence-electron chi connectivity index (χ3n) is 3.40. The van der Waals surface area contributed by atoms with Crippen molar-refractivity contribution < 1.29 is 4.74 Å². The number of hydrogen-bond donors (Lipinski definition) is 0. The maximum absolute atomic E-state index is 6.17. The van der Waals surface area contributed by atoms with Gasteiger partial charge < -0.3 is 4.74 Å². The average molecular weight is 312 g/mol. The van der Waals surface area contributed by atoms with Crippen molar-refractivity contribution in [1.82, 2.24) is 14.9 Å². The fraction of sp³-hybridized carbons (Fsp3) is 0.571. The van der Waals surface area contributed by atoms with E-state index in [0.717, 1.165) is 41.7 Å². The van der Waals surface area contributed by atoms with Gasteiger partial charge in [-0.3, -0.25) is 4.90 Å². The molecule has 1 aliphatic carbocycles. The number of hydrogen-bond acceptors (Lipinski definition) is 5. The van der Waals surface area contributed by atoms with Gasteiger partial charge >= 0.3 is 0 Å². The van der Waals surface area contributed by atoms with Gasteiger partial charge in [-0.25, -0.2) is 9.97 Å². The Kier molecular flexibility index (Phi) is 4.51. The summed E-state index contributed by atoms with van der Waals surface area (Å²) in [6.07, 6.45) is 2.67. The molecular formula is C14H18ClN3OS. The van der Waals surface area contributed by atoms with Gasteiger partial charge in [0.2, 0.25) is 0 Å². The van der Waals surface area contributed by atoms with E-state index in [1.54, 1.807) is 11.3 Å². The fourth-order valence-electron chi connectivity index (χ4n) is 2.01. The molecule has 0 amide bonds. The van der Waals surface area contributed by atoms with E-state index in [4.69, 9.17) is 16.3 Å². The second-order valence-corrected chi connectivity index (χ2v) is 6.58. The summed E-state index contributed by atoms with van der Waals surface area (Å²) < 4.78 is 5.64. The molecule has 0 atom stereocenters. The minimum atomic E-state index is 0.546. The molecule has 1 fully saturated rings. The first-order chi connectivity index (χ1) is 9.72. The predicted molar refractivity (Wildman–Crippen MR) is 82.3 cm³/mol. The van der Waals surface area contributed by atoms with Crippen LogP contribution in [0.4, 0.5) is 0 Å². The first-order valence-electron chi connectivity index (χ1n) is 6.88. The van der Waals surface area contributed by atoms with Crippen molar-refractivity contribution in [2.45, 2.75) is 19.4 Å². The summed E-state index contributed by atoms with van der Waals surface area (Å²) in [7, 11) is 2.05. The van der Waals surface area contributed by atoms with Gasteiger partial charge in [0.1, 0.15) is 15.8 Å². The van der Waals surface area contributed by atoms with Crippen LogP contribution in [0.15, 0.2) is 11.4 Å². The molecule has 0 unspecified atom stereocenters. The molecule has 2 heterocycles. The Hall–Kier alpha value is -0.750. The molecule has 0 aromatic carbocycles. The van der Waals surface area contributed by atoms with E-state index < -0.39 is 0 Å². The number of halogens is 1. The Morgan fingerprint density at radius 1 is 1.45 bits per heavy atom. The SMILES string of the molecule is CN(CCOCC1CC1)Cc1nc(Cl)c2ccsc2n1. The zero-order chi connectivity index (χ0) is 13.9. The molecule has 1 aliphatic rings. The highest BCUT2D eigenvalue weighted by Crippen LogP contribution is 2.28. The molecule has 0 spiro atoms. The summed E-state index contributed by atoms with van der Waals surface area (Å²) in [5.41, 5.74) is 0. The van der Waals surface area contributed by atoms with Crippen LogP contribution in [0.2, 0.25) is 5.15 Å². The smallest absolute Gasteiger partial charge is 0.145 e. The summed E-state index contributed by atoms with van der Waals surface area (Å²) in [4.78, 5) is 12.0. The van der Waals surface area contributed by atoms with E-state index in [1.807, 2.05) is 11.4 Å². The summed E-state index contributed by atoms with van der Waals surface area (Å²) >= 11 is 7.76. The van der Waals surface area contributed by atoms with Gasteiger partial charge in [-0.15, -0.1) is 11.3 Å². The number of likely N-dealkylation sites (N-methyl/N-ethyl adjacent to an activating group) is 1. The number of fused-ring (bicyclic) bond motifs is 1. The Morgan fingerprint density at radius 3 is 3.10 bits per heavy atom. The van der Waals surface area contributed by atoms with Gasteiger partial charge in [0.25, 0.3) is 0 Å².